The fourth-order valence-corrected chi connectivity index (χ4v) is 3.43. The Hall–Kier alpha value is -1.60. The number of hydrogen-bond acceptors (Lipinski definition) is 4. The van der Waals surface area contributed by atoms with Gasteiger partial charge in [0, 0.05) is 24.7 Å². The fraction of sp³-hybridized carbons (Fsp3) is 0.562. The Kier molecular flexibility index (Phi) is 5.64. The third-order valence-electron chi connectivity index (χ3n) is 3.75. The van der Waals surface area contributed by atoms with Gasteiger partial charge in [0.1, 0.15) is 5.75 Å². The van der Waals surface area contributed by atoms with Crippen LogP contribution >= 0.6 is 0 Å². The van der Waals surface area contributed by atoms with Gasteiger partial charge in [-0.2, -0.15) is 0 Å². The van der Waals surface area contributed by atoms with Crippen LogP contribution in [0, 0.1) is 0 Å². The lowest BCUT2D eigenvalue weighted by Gasteiger charge is -2.30. The first-order valence-corrected chi connectivity index (χ1v) is 9.63. The van der Waals surface area contributed by atoms with Crippen molar-refractivity contribution in [2.24, 2.45) is 0 Å². The molecule has 2 rings (SSSR count). The van der Waals surface area contributed by atoms with E-state index < -0.39 is 10.0 Å². The molecule has 6 nitrogen and oxygen atoms in total. The second kappa shape index (κ2) is 7.31. The molecule has 1 N–H and O–H groups in total. The van der Waals surface area contributed by atoms with Crippen LogP contribution in [0.4, 0.5) is 0 Å². The van der Waals surface area contributed by atoms with Crippen molar-refractivity contribution in [3.05, 3.63) is 29.8 Å². The summed E-state index contributed by atoms with van der Waals surface area (Å²) in [5.41, 5.74) is 0.576. The van der Waals surface area contributed by atoms with E-state index in [1.54, 1.807) is 24.3 Å². The third-order valence-corrected chi connectivity index (χ3v) is 5.05. The predicted octanol–water partition coefficient (Wildman–Crippen LogP) is 1.63. The van der Waals surface area contributed by atoms with Crippen molar-refractivity contribution in [3.63, 3.8) is 0 Å². The Morgan fingerprint density at radius 1 is 1.22 bits per heavy atom. The Morgan fingerprint density at radius 2 is 1.78 bits per heavy atom. The van der Waals surface area contributed by atoms with Crippen molar-refractivity contribution < 1.29 is 17.9 Å². The largest absolute Gasteiger partial charge is 0.491 e. The van der Waals surface area contributed by atoms with E-state index in [0.717, 1.165) is 5.75 Å². The number of sulfonamides is 1. The molecule has 1 amide bonds. The lowest BCUT2D eigenvalue weighted by atomic mass is 10.1. The molecule has 0 saturated carbocycles. The molecule has 0 unspecified atom stereocenters. The SMILES string of the molecule is CC(C)Oc1ccc(C(=O)NC2CCN(S(C)(=O)=O)CC2)cc1. The van der Waals surface area contributed by atoms with Gasteiger partial charge >= 0.3 is 0 Å². The van der Waals surface area contributed by atoms with E-state index in [-0.39, 0.29) is 18.1 Å². The van der Waals surface area contributed by atoms with E-state index in [2.05, 4.69) is 5.32 Å². The molecule has 1 aromatic rings. The number of carbonyl (C=O) groups excluding carboxylic acids is 1. The van der Waals surface area contributed by atoms with Crippen molar-refractivity contribution >= 4 is 15.9 Å². The van der Waals surface area contributed by atoms with Gasteiger partial charge < -0.3 is 10.1 Å². The highest BCUT2D eigenvalue weighted by molar-refractivity contribution is 7.88. The number of hydrogen-bond donors (Lipinski definition) is 1. The number of nitrogens with one attached hydrogen (secondary N) is 1. The third kappa shape index (κ3) is 5.21. The summed E-state index contributed by atoms with van der Waals surface area (Å²) in [6, 6.07) is 7.03. The fourth-order valence-electron chi connectivity index (χ4n) is 2.56. The minimum atomic E-state index is -3.14. The van der Waals surface area contributed by atoms with Gasteiger partial charge in [-0.15, -0.1) is 0 Å². The predicted molar refractivity (Wildman–Crippen MR) is 89.1 cm³/mol. The van der Waals surface area contributed by atoms with Crippen LogP contribution in [0.3, 0.4) is 0 Å². The van der Waals surface area contributed by atoms with E-state index in [0.29, 0.717) is 31.5 Å². The molecular formula is C16H24N2O4S. The number of rotatable bonds is 5. The highest BCUT2D eigenvalue weighted by Crippen LogP contribution is 2.16. The van der Waals surface area contributed by atoms with Crippen molar-refractivity contribution in [1.29, 1.82) is 0 Å². The quantitative estimate of drug-likeness (QED) is 0.884. The molecule has 0 atom stereocenters. The molecule has 128 valence electrons. The Labute approximate surface area is 137 Å². The molecular weight excluding hydrogens is 316 g/mol. The van der Waals surface area contributed by atoms with Crippen LogP contribution in [-0.2, 0) is 10.0 Å². The summed E-state index contributed by atoms with van der Waals surface area (Å²) in [5.74, 6) is 0.594. The lowest BCUT2D eigenvalue weighted by molar-refractivity contribution is 0.0924. The molecule has 1 aliphatic heterocycles. The second-order valence-electron chi connectivity index (χ2n) is 6.10. The van der Waals surface area contributed by atoms with Gasteiger partial charge in [0.15, 0.2) is 0 Å². The van der Waals surface area contributed by atoms with E-state index in [1.807, 2.05) is 13.8 Å². The van der Waals surface area contributed by atoms with Crippen molar-refractivity contribution in [2.75, 3.05) is 19.3 Å². The molecule has 1 saturated heterocycles. The summed E-state index contributed by atoms with van der Waals surface area (Å²) in [5, 5.41) is 2.97. The van der Waals surface area contributed by atoms with Crippen LogP contribution in [0.2, 0.25) is 0 Å². The lowest BCUT2D eigenvalue weighted by Crippen LogP contribution is -2.46. The summed E-state index contributed by atoms with van der Waals surface area (Å²) in [7, 11) is -3.14. The summed E-state index contributed by atoms with van der Waals surface area (Å²) < 4.78 is 29.9. The normalized spacial score (nSPS) is 17.2. The van der Waals surface area contributed by atoms with Crippen molar-refractivity contribution in [1.82, 2.24) is 9.62 Å². The van der Waals surface area contributed by atoms with Gasteiger partial charge in [-0.05, 0) is 51.0 Å². The Morgan fingerprint density at radius 3 is 2.26 bits per heavy atom. The van der Waals surface area contributed by atoms with E-state index in [1.165, 1.54) is 10.6 Å². The van der Waals surface area contributed by atoms with Crippen LogP contribution in [0.15, 0.2) is 24.3 Å². The van der Waals surface area contributed by atoms with Gasteiger partial charge in [0.25, 0.3) is 5.91 Å². The van der Waals surface area contributed by atoms with Crippen LogP contribution in [0.25, 0.3) is 0 Å². The molecule has 1 fully saturated rings. The summed E-state index contributed by atoms with van der Waals surface area (Å²) >= 11 is 0. The zero-order valence-corrected chi connectivity index (χ0v) is 14.6. The number of benzene rings is 1. The Bertz CT molecular complexity index is 633. The minimum Gasteiger partial charge on any atom is -0.491 e. The molecule has 0 aromatic heterocycles. The molecule has 0 aliphatic carbocycles. The van der Waals surface area contributed by atoms with Crippen LogP contribution in [-0.4, -0.2) is 50.1 Å². The molecule has 7 heteroatoms. The Balaban J connectivity index is 1.88. The first kappa shape index (κ1) is 17.7. The molecule has 0 spiro atoms. The van der Waals surface area contributed by atoms with E-state index >= 15 is 0 Å². The topological polar surface area (TPSA) is 75.7 Å². The van der Waals surface area contributed by atoms with Crippen LogP contribution in [0.1, 0.15) is 37.0 Å². The van der Waals surface area contributed by atoms with Crippen LogP contribution in [0.5, 0.6) is 5.75 Å². The maximum Gasteiger partial charge on any atom is 0.251 e. The zero-order valence-electron chi connectivity index (χ0n) is 13.8. The minimum absolute atomic E-state index is 0.00657. The molecule has 23 heavy (non-hydrogen) atoms. The smallest absolute Gasteiger partial charge is 0.251 e. The van der Waals surface area contributed by atoms with Gasteiger partial charge in [0.2, 0.25) is 10.0 Å². The van der Waals surface area contributed by atoms with E-state index in [4.69, 9.17) is 4.74 Å². The van der Waals surface area contributed by atoms with Gasteiger partial charge in [0.05, 0.1) is 12.4 Å². The molecule has 1 heterocycles. The molecule has 1 aromatic carbocycles. The molecule has 0 radical (unpaired) electrons. The number of carbonyl (C=O) groups is 1. The molecule has 0 bridgehead atoms. The number of amides is 1. The first-order valence-electron chi connectivity index (χ1n) is 7.78. The number of ether oxygens (including phenoxy) is 1. The van der Waals surface area contributed by atoms with Crippen molar-refractivity contribution in [2.45, 2.75) is 38.8 Å². The second-order valence-corrected chi connectivity index (χ2v) is 8.08. The van der Waals surface area contributed by atoms with Gasteiger partial charge in [-0.1, -0.05) is 0 Å². The average Bonchev–Trinajstić information content (AvgIpc) is 2.47. The van der Waals surface area contributed by atoms with Gasteiger partial charge in [-0.25, -0.2) is 12.7 Å². The summed E-state index contributed by atoms with van der Waals surface area (Å²) in [4.78, 5) is 12.2. The highest BCUT2D eigenvalue weighted by atomic mass is 32.2. The first-order chi connectivity index (χ1) is 10.8. The van der Waals surface area contributed by atoms with Gasteiger partial charge in [-0.3, -0.25) is 4.79 Å². The van der Waals surface area contributed by atoms with Crippen LogP contribution < -0.4 is 10.1 Å². The number of piperidine rings is 1. The van der Waals surface area contributed by atoms with Crippen molar-refractivity contribution in [3.8, 4) is 5.75 Å². The summed E-state index contributed by atoms with van der Waals surface area (Å²) in [6.45, 7) is 4.79. The maximum absolute atomic E-state index is 12.2. The van der Waals surface area contributed by atoms with E-state index in [9.17, 15) is 13.2 Å². The number of nitrogens with zero attached hydrogens (tertiary/aromatic N) is 1. The highest BCUT2D eigenvalue weighted by Gasteiger charge is 2.25. The summed E-state index contributed by atoms with van der Waals surface area (Å²) in [6.07, 6.45) is 2.57. The molecule has 1 aliphatic rings. The monoisotopic (exact) mass is 340 g/mol. The maximum atomic E-state index is 12.2. The average molecular weight is 340 g/mol. The standard InChI is InChI=1S/C16H24N2O4S/c1-12(2)22-15-6-4-13(5-7-15)16(19)17-14-8-10-18(11-9-14)23(3,20)21/h4-7,12,14H,8-11H2,1-3H3,(H,17,19). The zero-order chi connectivity index (χ0) is 17.0.